The van der Waals surface area contributed by atoms with E-state index in [2.05, 4.69) is 10.6 Å². The fraction of sp³-hybridized carbons (Fsp3) is 0.909. The number of hydrogen-bond acceptors (Lipinski definition) is 3. The molecule has 0 spiro atoms. The predicted molar refractivity (Wildman–Crippen MR) is 67.0 cm³/mol. The summed E-state index contributed by atoms with van der Waals surface area (Å²) in [6, 6.07) is 0.551. The van der Waals surface area contributed by atoms with Crippen molar-refractivity contribution in [3.05, 3.63) is 0 Å². The van der Waals surface area contributed by atoms with Crippen LogP contribution in [0.2, 0.25) is 0 Å². The van der Waals surface area contributed by atoms with Crippen LogP contribution >= 0.6 is 12.4 Å². The molecule has 0 aromatic carbocycles. The van der Waals surface area contributed by atoms with Crippen molar-refractivity contribution in [1.29, 1.82) is 0 Å². The Morgan fingerprint density at radius 2 is 2.38 bits per heavy atom. The molecular formula is C11H23ClN2O2. The second-order valence-corrected chi connectivity index (χ2v) is 4.18. The molecule has 2 atom stereocenters. The third kappa shape index (κ3) is 6.30. The molecule has 0 aliphatic carbocycles. The number of carbonyl (C=O) groups is 1. The van der Waals surface area contributed by atoms with Gasteiger partial charge in [-0.05, 0) is 32.7 Å². The standard InChI is InChI=1S/C11H22N2O2.ClH/c1-9(15-2)8-13-11(14)6-5-10-4-3-7-12-10;/h9-10,12H,3-8H2,1-2H3,(H,13,14);1H. The van der Waals surface area contributed by atoms with Crippen molar-refractivity contribution in [2.45, 2.75) is 44.8 Å². The van der Waals surface area contributed by atoms with Gasteiger partial charge in [0.05, 0.1) is 6.10 Å². The molecule has 0 aromatic heterocycles. The van der Waals surface area contributed by atoms with Crippen molar-refractivity contribution >= 4 is 18.3 Å². The van der Waals surface area contributed by atoms with Crippen molar-refractivity contribution in [1.82, 2.24) is 10.6 Å². The van der Waals surface area contributed by atoms with E-state index in [4.69, 9.17) is 4.74 Å². The number of nitrogens with one attached hydrogen (secondary N) is 2. The maximum absolute atomic E-state index is 11.4. The fourth-order valence-corrected chi connectivity index (χ4v) is 1.74. The Morgan fingerprint density at radius 3 is 2.94 bits per heavy atom. The summed E-state index contributed by atoms with van der Waals surface area (Å²) in [6.07, 6.45) is 4.12. The quantitative estimate of drug-likeness (QED) is 0.742. The van der Waals surface area contributed by atoms with Crippen LogP contribution in [0.4, 0.5) is 0 Å². The highest BCUT2D eigenvalue weighted by Crippen LogP contribution is 2.10. The first kappa shape index (κ1) is 15.7. The van der Waals surface area contributed by atoms with Gasteiger partial charge < -0.3 is 15.4 Å². The summed E-state index contributed by atoms with van der Waals surface area (Å²) in [7, 11) is 1.65. The lowest BCUT2D eigenvalue weighted by Crippen LogP contribution is -2.32. The summed E-state index contributed by atoms with van der Waals surface area (Å²) >= 11 is 0. The Balaban J connectivity index is 0.00000225. The minimum Gasteiger partial charge on any atom is -0.380 e. The molecule has 0 radical (unpaired) electrons. The van der Waals surface area contributed by atoms with Crippen molar-refractivity contribution in [2.24, 2.45) is 0 Å². The van der Waals surface area contributed by atoms with Crippen molar-refractivity contribution in [3.8, 4) is 0 Å². The van der Waals surface area contributed by atoms with E-state index < -0.39 is 0 Å². The first-order valence-electron chi connectivity index (χ1n) is 5.75. The lowest BCUT2D eigenvalue weighted by atomic mass is 10.1. The minimum absolute atomic E-state index is 0. The largest absolute Gasteiger partial charge is 0.380 e. The lowest BCUT2D eigenvalue weighted by molar-refractivity contribution is -0.121. The second-order valence-electron chi connectivity index (χ2n) is 4.18. The van der Waals surface area contributed by atoms with E-state index in [0.29, 0.717) is 19.0 Å². The molecule has 0 bridgehead atoms. The Kier molecular flexibility index (Phi) is 8.61. The van der Waals surface area contributed by atoms with Gasteiger partial charge in [-0.2, -0.15) is 0 Å². The molecular weight excluding hydrogens is 228 g/mol. The topological polar surface area (TPSA) is 50.4 Å². The number of rotatable bonds is 6. The zero-order chi connectivity index (χ0) is 11.1. The average molecular weight is 251 g/mol. The zero-order valence-corrected chi connectivity index (χ0v) is 10.9. The molecule has 0 saturated carbocycles. The van der Waals surface area contributed by atoms with Crippen molar-refractivity contribution < 1.29 is 9.53 Å². The molecule has 5 heteroatoms. The van der Waals surface area contributed by atoms with Gasteiger partial charge in [-0.3, -0.25) is 4.79 Å². The molecule has 16 heavy (non-hydrogen) atoms. The molecule has 96 valence electrons. The highest BCUT2D eigenvalue weighted by molar-refractivity contribution is 5.85. The van der Waals surface area contributed by atoms with Crippen molar-refractivity contribution in [2.75, 3.05) is 20.2 Å². The van der Waals surface area contributed by atoms with Gasteiger partial charge >= 0.3 is 0 Å². The first-order valence-corrected chi connectivity index (χ1v) is 5.75. The van der Waals surface area contributed by atoms with Gasteiger partial charge in [0, 0.05) is 26.1 Å². The molecule has 1 rings (SSSR count). The Morgan fingerprint density at radius 1 is 1.62 bits per heavy atom. The predicted octanol–water partition coefficient (Wildman–Crippen LogP) is 1.09. The number of carbonyl (C=O) groups excluding carboxylic acids is 1. The maximum atomic E-state index is 11.4. The van der Waals surface area contributed by atoms with E-state index in [-0.39, 0.29) is 24.4 Å². The second kappa shape index (κ2) is 8.79. The van der Waals surface area contributed by atoms with Gasteiger partial charge in [-0.15, -0.1) is 12.4 Å². The average Bonchev–Trinajstić information content (AvgIpc) is 2.75. The number of ether oxygens (including phenoxy) is 1. The number of halogens is 1. The molecule has 4 nitrogen and oxygen atoms in total. The van der Waals surface area contributed by atoms with Crippen molar-refractivity contribution in [3.63, 3.8) is 0 Å². The van der Waals surface area contributed by atoms with Crippen LogP contribution in [0.25, 0.3) is 0 Å². The molecule has 1 amide bonds. The summed E-state index contributed by atoms with van der Waals surface area (Å²) in [6.45, 7) is 3.65. The summed E-state index contributed by atoms with van der Waals surface area (Å²) < 4.78 is 5.05. The van der Waals surface area contributed by atoms with Gasteiger partial charge in [0.2, 0.25) is 5.91 Å². The SMILES string of the molecule is COC(C)CNC(=O)CCC1CCCN1.Cl. The van der Waals surface area contributed by atoms with E-state index in [0.717, 1.165) is 13.0 Å². The zero-order valence-electron chi connectivity index (χ0n) is 10.1. The highest BCUT2D eigenvalue weighted by atomic mass is 35.5. The van der Waals surface area contributed by atoms with Gasteiger partial charge in [0.15, 0.2) is 0 Å². The van der Waals surface area contributed by atoms with E-state index >= 15 is 0 Å². The van der Waals surface area contributed by atoms with Crippen LogP contribution in [0.3, 0.4) is 0 Å². The molecule has 0 aromatic rings. The van der Waals surface area contributed by atoms with Crippen LogP contribution in [-0.2, 0) is 9.53 Å². The molecule has 1 aliphatic rings. The fourth-order valence-electron chi connectivity index (χ4n) is 1.74. The minimum atomic E-state index is 0. The molecule has 2 unspecified atom stereocenters. The third-order valence-electron chi connectivity index (χ3n) is 2.87. The molecule has 1 saturated heterocycles. The summed E-state index contributed by atoms with van der Waals surface area (Å²) in [5.41, 5.74) is 0. The third-order valence-corrected chi connectivity index (χ3v) is 2.87. The van der Waals surface area contributed by atoms with Gasteiger partial charge in [-0.25, -0.2) is 0 Å². The summed E-state index contributed by atoms with van der Waals surface area (Å²) in [4.78, 5) is 11.4. The van der Waals surface area contributed by atoms with E-state index in [1.165, 1.54) is 12.8 Å². The van der Waals surface area contributed by atoms with Gasteiger partial charge in [0.25, 0.3) is 0 Å². The van der Waals surface area contributed by atoms with Crippen LogP contribution in [0.1, 0.15) is 32.6 Å². The maximum Gasteiger partial charge on any atom is 0.220 e. The Hall–Kier alpha value is -0.320. The molecule has 1 aliphatic heterocycles. The van der Waals surface area contributed by atoms with Crippen LogP contribution in [0.15, 0.2) is 0 Å². The number of methoxy groups -OCH3 is 1. The number of amides is 1. The smallest absolute Gasteiger partial charge is 0.220 e. The molecule has 1 heterocycles. The Labute approximate surface area is 104 Å². The van der Waals surface area contributed by atoms with E-state index in [1.54, 1.807) is 7.11 Å². The van der Waals surface area contributed by atoms with Crippen LogP contribution in [-0.4, -0.2) is 38.3 Å². The van der Waals surface area contributed by atoms with Crippen LogP contribution in [0.5, 0.6) is 0 Å². The molecule has 2 N–H and O–H groups in total. The van der Waals surface area contributed by atoms with E-state index in [1.807, 2.05) is 6.92 Å². The Bertz CT molecular complexity index is 196. The lowest BCUT2D eigenvalue weighted by Gasteiger charge is -2.12. The van der Waals surface area contributed by atoms with Crippen LogP contribution in [0, 0.1) is 0 Å². The first-order chi connectivity index (χ1) is 7.22. The monoisotopic (exact) mass is 250 g/mol. The molecule has 1 fully saturated rings. The van der Waals surface area contributed by atoms with Crippen LogP contribution < -0.4 is 10.6 Å². The van der Waals surface area contributed by atoms with Gasteiger partial charge in [-0.1, -0.05) is 0 Å². The summed E-state index contributed by atoms with van der Waals surface area (Å²) in [5.74, 6) is 0.132. The van der Waals surface area contributed by atoms with Gasteiger partial charge in [0.1, 0.15) is 0 Å². The normalized spacial score (nSPS) is 21.2. The van der Waals surface area contributed by atoms with E-state index in [9.17, 15) is 4.79 Å². The highest BCUT2D eigenvalue weighted by Gasteiger charge is 2.15. The summed E-state index contributed by atoms with van der Waals surface area (Å²) in [5, 5.41) is 6.25. The number of hydrogen-bond donors (Lipinski definition) is 2.